The summed E-state index contributed by atoms with van der Waals surface area (Å²) in [6.45, 7) is 12.2. The Morgan fingerprint density at radius 2 is 1.88 bits per heavy atom. The lowest BCUT2D eigenvalue weighted by Gasteiger charge is -2.32. The molecule has 0 radical (unpaired) electrons. The van der Waals surface area contributed by atoms with Gasteiger partial charge in [-0.15, -0.1) is 0 Å². The number of halogens is 1. The molecule has 0 aliphatic rings. The second kappa shape index (κ2) is 11.4. The number of aryl methyl sites for hydroxylation is 1. The van der Waals surface area contributed by atoms with Crippen LogP contribution in [0, 0.1) is 11.8 Å². The van der Waals surface area contributed by atoms with Gasteiger partial charge in [0, 0.05) is 45.0 Å². The molecule has 0 spiro atoms. The van der Waals surface area contributed by atoms with Crippen LogP contribution < -0.4 is 10.6 Å². The van der Waals surface area contributed by atoms with Gasteiger partial charge in [0.2, 0.25) is 11.0 Å². The van der Waals surface area contributed by atoms with Crippen LogP contribution in [0.2, 0.25) is 5.02 Å². The monoisotopic (exact) mass is 511 g/mol. The van der Waals surface area contributed by atoms with Crippen LogP contribution in [0.4, 0.5) is 17.5 Å². The molecule has 2 rings (SSSR count). The number of anilines is 3. The van der Waals surface area contributed by atoms with E-state index >= 15 is 0 Å². The van der Waals surface area contributed by atoms with Crippen molar-refractivity contribution in [1.82, 2.24) is 24.6 Å². The summed E-state index contributed by atoms with van der Waals surface area (Å²) in [5, 5.41) is 10.9. The number of rotatable bonds is 11. The number of sulfone groups is 1. The second-order valence-electron chi connectivity index (χ2n) is 9.44. The van der Waals surface area contributed by atoms with Gasteiger partial charge in [0.05, 0.1) is 17.6 Å². The maximum Gasteiger partial charge on any atom is 0.224 e. The number of allylic oxidation sites excluding steroid dienone is 1. The Labute approximate surface area is 208 Å². The first-order valence-corrected chi connectivity index (χ1v) is 13.5. The first kappa shape index (κ1) is 27.9. The van der Waals surface area contributed by atoms with E-state index in [-0.39, 0.29) is 33.7 Å². The van der Waals surface area contributed by atoms with Crippen molar-refractivity contribution in [2.45, 2.75) is 59.0 Å². The molecule has 0 bridgehead atoms. The predicted octanol–water partition coefficient (Wildman–Crippen LogP) is 4.72. The van der Waals surface area contributed by atoms with Crippen LogP contribution in [-0.4, -0.2) is 59.0 Å². The largest absolute Gasteiger partial charge is 0.381 e. The van der Waals surface area contributed by atoms with E-state index in [1.807, 2.05) is 13.8 Å². The zero-order valence-corrected chi connectivity index (χ0v) is 23.2. The Balaban J connectivity index is 2.35. The van der Waals surface area contributed by atoms with E-state index in [1.54, 1.807) is 13.2 Å². The number of hydrogen-bond acceptors (Lipinski definition) is 8. The van der Waals surface area contributed by atoms with Crippen molar-refractivity contribution in [2.75, 3.05) is 30.5 Å². The summed E-state index contributed by atoms with van der Waals surface area (Å²) >= 11 is 6.36. The Kier molecular flexibility index (Phi) is 9.36. The van der Waals surface area contributed by atoms with E-state index in [9.17, 15) is 8.42 Å². The fourth-order valence-corrected chi connectivity index (χ4v) is 6.06. The lowest BCUT2D eigenvalue weighted by Crippen LogP contribution is -2.33. The highest BCUT2D eigenvalue weighted by Crippen LogP contribution is 2.30. The van der Waals surface area contributed by atoms with E-state index < -0.39 is 9.84 Å². The smallest absolute Gasteiger partial charge is 0.224 e. The van der Waals surface area contributed by atoms with Gasteiger partial charge in [-0.1, -0.05) is 37.9 Å². The van der Waals surface area contributed by atoms with Gasteiger partial charge in [-0.05, 0) is 33.1 Å². The average molecular weight is 512 g/mol. The zero-order chi connectivity index (χ0) is 25.8. The summed E-state index contributed by atoms with van der Waals surface area (Å²) in [6.07, 6.45) is 4.05. The van der Waals surface area contributed by atoms with Gasteiger partial charge in [0.15, 0.2) is 15.7 Å². The van der Waals surface area contributed by atoms with Crippen LogP contribution in [0.3, 0.4) is 0 Å². The molecule has 34 heavy (non-hydrogen) atoms. The molecule has 2 N–H and O–H groups in total. The van der Waals surface area contributed by atoms with Gasteiger partial charge in [-0.25, -0.2) is 13.4 Å². The molecule has 2 heterocycles. The number of hydrogen-bond donors (Lipinski definition) is 2. The average Bonchev–Trinajstić information content (AvgIpc) is 3.08. The third kappa shape index (κ3) is 6.85. The standard InChI is InChI=1S/C23H38ClN7O2S/c1-10-17(20(15(4)5)30(7)8)16(6)26-23-25-11-18(24)21(28-23)27-19-12-31(9)29-22(19)34(32,33)13-14(2)3/h11-12,14,16-17H,10,13H2,1-9H3,(H2,25,26,27,28)/t16-,17?/m1/s1. The lowest BCUT2D eigenvalue weighted by molar-refractivity contribution is 0.376. The van der Waals surface area contributed by atoms with Crippen LogP contribution >= 0.6 is 11.6 Å². The zero-order valence-electron chi connectivity index (χ0n) is 21.6. The molecular formula is C23H38ClN7O2S. The van der Waals surface area contributed by atoms with E-state index in [0.717, 1.165) is 6.42 Å². The second-order valence-corrected chi connectivity index (χ2v) is 11.8. The lowest BCUT2D eigenvalue weighted by atomic mass is 9.91. The van der Waals surface area contributed by atoms with Gasteiger partial charge in [-0.3, -0.25) is 4.68 Å². The molecule has 190 valence electrons. The highest BCUT2D eigenvalue weighted by Gasteiger charge is 2.26. The van der Waals surface area contributed by atoms with Crippen molar-refractivity contribution in [3.63, 3.8) is 0 Å². The molecule has 2 aromatic rings. The summed E-state index contributed by atoms with van der Waals surface area (Å²) in [4.78, 5) is 11.0. The molecule has 2 atom stereocenters. The molecule has 0 saturated carbocycles. The Morgan fingerprint density at radius 1 is 1.24 bits per heavy atom. The SMILES string of the molecule is CCC(C(=C(C)C)N(C)C)[C@@H](C)Nc1ncc(Cl)c(Nc2cn(C)nc2S(=O)(=O)CC(C)C)n1. The van der Waals surface area contributed by atoms with Gasteiger partial charge < -0.3 is 15.5 Å². The van der Waals surface area contributed by atoms with Crippen molar-refractivity contribution in [2.24, 2.45) is 18.9 Å². The molecule has 9 nitrogen and oxygen atoms in total. The van der Waals surface area contributed by atoms with Gasteiger partial charge in [0.25, 0.3) is 0 Å². The third-order valence-corrected chi connectivity index (χ3v) is 7.66. The van der Waals surface area contributed by atoms with Crippen LogP contribution in [0.25, 0.3) is 0 Å². The molecule has 0 saturated heterocycles. The van der Waals surface area contributed by atoms with Crippen molar-refractivity contribution in [3.05, 3.63) is 28.7 Å². The summed E-state index contributed by atoms with van der Waals surface area (Å²) in [5.41, 5.74) is 2.86. The summed E-state index contributed by atoms with van der Waals surface area (Å²) in [5.74, 6) is 0.932. The number of nitrogens with zero attached hydrogens (tertiary/aromatic N) is 5. The molecule has 11 heteroatoms. The molecule has 0 fully saturated rings. The number of aromatic nitrogens is 4. The van der Waals surface area contributed by atoms with Crippen LogP contribution in [0.1, 0.15) is 48.0 Å². The minimum absolute atomic E-state index is 0.00248. The molecule has 2 aromatic heterocycles. The quantitative estimate of drug-likeness (QED) is 0.446. The van der Waals surface area contributed by atoms with Crippen LogP contribution in [0.15, 0.2) is 28.7 Å². The van der Waals surface area contributed by atoms with E-state index in [2.05, 4.69) is 72.4 Å². The molecular weight excluding hydrogens is 474 g/mol. The summed E-state index contributed by atoms with van der Waals surface area (Å²) < 4.78 is 27.1. The maximum atomic E-state index is 12.8. The van der Waals surface area contributed by atoms with Gasteiger partial charge >= 0.3 is 0 Å². The number of nitrogens with one attached hydrogen (secondary N) is 2. The molecule has 1 unspecified atom stereocenters. The van der Waals surface area contributed by atoms with Crippen molar-refractivity contribution >= 4 is 38.9 Å². The fraction of sp³-hybridized carbons (Fsp3) is 0.609. The van der Waals surface area contributed by atoms with Crippen LogP contribution in [-0.2, 0) is 16.9 Å². The Hall–Kier alpha value is -2.33. The molecule has 0 aliphatic heterocycles. The van der Waals surface area contributed by atoms with E-state index in [1.165, 1.54) is 22.1 Å². The Morgan fingerprint density at radius 3 is 2.41 bits per heavy atom. The predicted molar refractivity (Wildman–Crippen MR) is 139 cm³/mol. The molecule has 0 aliphatic carbocycles. The van der Waals surface area contributed by atoms with E-state index in [0.29, 0.717) is 17.5 Å². The minimum Gasteiger partial charge on any atom is -0.381 e. The maximum absolute atomic E-state index is 12.8. The fourth-order valence-electron chi connectivity index (χ4n) is 4.19. The van der Waals surface area contributed by atoms with Crippen molar-refractivity contribution in [1.29, 1.82) is 0 Å². The third-order valence-electron chi connectivity index (χ3n) is 5.38. The van der Waals surface area contributed by atoms with Gasteiger partial charge in [-0.2, -0.15) is 10.1 Å². The first-order chi connectivity index (χ1) is 15.8. The molecule has 0 aromatic carbocycles. The highest BCUT2D eigenvalue weighted by atomic mass is 35.5. The summed E-state index contributed by atoms with van der Waals surface area (Å²) in [6, 6.07) is 0.0479. The van der Waals surface area contributed by atoms with Crippen molar-refractivity contribution < 1.29 is 8.42 Å². The van der Waals surface area contributed by atoms with Gasteiger partial charge in [0.1, 0.15) is 5.02 Å². The topological polar surface area (TPSA) is 105 Å². The minimum atomic E-state index is -3.58. The Bertz CT molecular complexity index is 1120. The van der Waals surface area contributed by atoms with Crippen molar-refractivity contribution in [3.8, 4) is 0 Å². The normalized spacial score (nSPS) is 13.5. The van der Waals surface area contributed by atoms with Crippen LogP contribution in [0.5, 0.6) is 0 Å². The molecule has 0 amide bonds. The first-order valence-electron chi connectivity index (χ1n) is 11.4. The van der Waals surface area contributed by atoms with E-state index in [4.69, 9.17) is 11.6 Å². The highest BCUT2D eigenvalue weighted by molar-refractivity contribution is 7.91. The summed E-state index contributed by atoms with van der Waals surface area (Å²) in [7, 11) is 2.20.